The molecule has 0 amide bonds. The lowest BCUT2D eigenvalue weighted by molar-refractivity contribution is 0.110. The summed E-state index contributed by atoms with van der Waals surface area (Å²) in [7, 11) is 0. The summed E-state index contributed by atoms with van der Waals surface area (Å²) in [4.78, 5) is 6.77. The Morgan fingerprint density at radius 3 is 2.61 bits per heavy atom. The maximum atomic E-state index is 4.26. The molecule has 2 heterocycles. The van der Waals surface area contributed by atoms with Crippen molar-refractivity contribution in [2.24, 2.45) is 5.92 Å². The molecule has 1 saturated heterocycles. The van der Waals surface area contributed by atoms with Gasteiger partial charge in [-0.05, 0) is 38.1 Å². The lowest BCUT2D eigenvalue weighted by Crippen LogP contribution is -2.44. The average Bonchev–Trinajstić information content (AvgIpc) is 3.05. The summed E-state index contributed by atoms with van der Waals surface area (Å²) in [5.41, 5.74) is 0. The van der Waals surface area contributed by atoms with Gasteiger partial charge in [0.25, 0.3) is 0 Å². The smallest absolute Gasteiger partial charge is 0.137 e. The minimum absolute atomic E-state index is 0.682. The van der Waals surface area contributed by atoms with E-state index in [1.165, 1.54) is 58.0 Å². The van der Waals surface area contributed by atoms with Crippen LogP contribution in [0, 0.1) is 5.92 Å². The largest absolute Gasteiger partial charge is 0.298 e. The molecule has 2 fully saturated rings. The van der Waals surface area contributed by atoms with Crippen molar-refractivity contribution in [1.29, 1.82) is 0 Å². The summed E-state index contributed by atoms with van der Waals surface area (Å²) in [5, 5.41) is 4.26. The molecule has 1 aromatic heterocycles. The Bertz CT molecular complexity index is 343. The van der Waals surface area contributed by atoms with Crippen molar-refractivity contribution in [2.45, 2.75) is 57.5 Å². The molecule has 1 atom stereocenters. The standard InChI is InChI=1S/C14H24N4/c1-2-6-13(5-1)9-17-8-4-3-7-14(17)10-18-12-15-11-16-18/h11-14H,1-10H2/t14-/m0/s1. The average molecular weight is 248 g/mol. The van der Waals surface area contributed by atoms with Gasteiger partial charge >= 0.3 is 0 Å². The van der Waals surface area contributed by atoms with Gasteiger partial charge in [0.05, 0.1) is 6.54 Å². The number of piperidine rings is 1. The van der Waals surface area contributed by atoms with Gasteiger partial charge in [-0.15, -0.1) is 0 Å². The first-order valence-electron chi connectivity index (χ1n) is 7.48. The van der Waals surface area contributed by atoms with Gasteiger partial charge in [-0.3, -0.25) is 9.58 Å². The highest BCUT2D eigenvalue weighted by atomic mass is 15.3. The van der Waals surface area contributed by atoms with Crippen LogP contribution in [0.15, 0.2) is 12.7 Å². The van der Waals surface area contributed by atoms with E-state index in [9.17, 15) is 0 Å². The van der Waals surface area contributed by atoms with Crippen LogP contribution in [0.25, 0.3) is 0 Å². The van der Waals surface area contributed by atoms with Crippen molar-refractivity contribution in [1.82, 2.24) is 19.7 Å². The summed E-state index contributed by atoms with van der Waals surface area (Å²) < 4.78 is 2.00. The van der Waals surface area contributed by atoms with E-state index in [1.807, 2.05) is 11.0 Å². The molecule has 0 unspecified atom stereocenters. The Labute approximate surface area is 109 Å². The van der Waals surface area contributed by atoms with Gasteiger partial charge in [-0.2, -0.15) is 5.10 Å². The van der Waals surface area contributed by atoms with Gasteiger partial charge in [0.2, 0.25) is 0 Å². The Kier molecular flexibility index (Phi) is 3.93. The number of nitrogens with zero attached hydrogens (tertiary/aromatic N) is 4. The predicted molar refractivity (Wildman–Crippen MR) is 71.2 cm³/mol. The molecule has 0 radical (unpaired) electrons. The van der Waals surface area contributed by atoms with Gasteiger partial charge in [0.15, 0.2) is 0 Å². The fourth-order valence-corrected chi connectivity index (χ4v) is 3.57. The summed E-state index contributed by atoms with van der Waals surface area (Å²) >= 11 is 0. The number of hydrogen-bond acceptors (Lipinski definition) is 3. The molecule has 2 aliphatic rings. The number of aromatic nitrogens is 3. The van der Waals surface area contributed by atoms with Gasteiger partial charge in [-0.25, -0.2) is 4.98 Å². The lowest BCUT2D eigenvalue weighted by atomic mass is 9.99. The minimum Gasteiger partial charge on any atom is -0.298 e. The maximum absolute atomic E-state index is 4.26. The quantitative estimate of drug-likeness (QED) is 0.820. The van der Waals surface area contributed by atoms with Crippen molar-refractivity contribution in [3.05, 3.63) is 12.7 Å². The highest BCUT2D eigenvalue weighted by molar-refractivity contribution is 4.81. The van der Waals surface area contributed by atoms with Crippen LogP contribution >= 0.6 is 0 Å². The van der Waals surface area contributed by atoms with Crippen LogP contribution in [-0.4, -0.2) is 38.8 Å². The van der Waals surface area contributed by atoms with E-state index in [4.69, 9.17) is 0 Å². The van der Waals surface area contributed by atoms with Crippen LogP contribution in [0.1, 0.15) is 44.9 Å². The van der Waals surface area contributed by atoms with Crippen molar-refractivity contribution < 1.29 is 0 Å². The monoisotopic (exact) mass is 248 g/mol. The Morgan fingerprint density at radius 2 is 1.83 bits per heavy atom. The molecule has 0 N–H and O–H groups in total. The van der Waals surface area contributed by atoms with Gasteiger partial charge in [0.1, 0.15) is 12.7 Å². The Morgan fingerprint density at radius 1 is 1.00 bits per heavy atom. The van der Waals surface area contributed by atoms with E-state index in [0.29, 0.717) is 6.04 Å². The molecule has 1 aliphatic carbocycles. The van der Waals surface area contributed by atoms with Crippen molar-refractivity contribution >= 4 is 0 Å². The molecule has 0 bridgehead atoms. The Hall–Kier alpha value is -0.900. The minimum atomic E-state index is 0.682. The van der Waals surface area contributed by atoms with Crippen LogP contribution in [0.5, 0.6) is 0 Å². The molecule has 0 aromatic carbocycles. The van der Waals surface area contributed by atoms with E-state index >= 15 is 0 Å². The van der Waals surface area contributed by atoms with Crippen LogP contribution in [0.3, 0.4) is 0 Å². The third-order valence-electron chi connectivity index (χ3n) is 4.58. The molecule has 100 valence electrons. The number of hydrogen-bond donors (Lipinski definition) is 0. The highest BCUT2D eigenvalue weighted by Crippen LogP contribution is 2.28. The second-order valence-electron chi connectivity index (χ2n) is 5.91. The second-order valence-corrected chi connectivity index (χ2v) is 5.91. The van der Waals surface area contributed by atoms with E-state index in [2.05, 4.69) is 15.0 Å². The van der Waals surface area contributed by atoms with E-state index in [1.54, 1.807) is 6.33 Å². The van der Waals surface area contributed by atoms with Crippen molar-refractivity contribution in [2.75, 3.05) is 13.1 Å². The third kappa shape index (κ3) is 2.91. The highest BCUT2D eigenvalue weighted by Gasteiger charge is 2.26. The van der Waals surface area contributed by atoms with Crippen LogP contribution in [0.2, 0.25) is 0 Å². The molecule has 0 spiro atoms. The lowest BCUT2D eigenvalue weighted by Gasteiger charge is -2.37. The molecular formula is C14H24N4. The first kappa shape index (κ1) is 12.2. The van der Waals surface area contributed by atoms with Crippen LogP contribution < -0.4 is 0 Å². The molecule has 1 aromatic rings. The van der Waals surface area contributed by atoms with E-state index < -0.39 is 0 Å². The van der Waals surface area contributed by atoms with E-state index in [0.717, 1.165) is 12.5 Å². The zero-order valence-electron chi connectivity index (χ0n) is 11.2. The fraction of sp³-hybridized carbons (Fsp3) is 0.857. The molecular weight excluding hydrogens is 224 g/mol. The molecule has 1 saturated carbocycles. The van der Waals surface area contributed by atoms with E-state index in [-0.39, 0.29) is 0 Å². The maximum Gasteiger partial charge on any atom is 0.137 e. The second kappa shape index (κ2) is 5.83. The zero-order valence-corrected chi connectivity index (χ0v) is 11.2. The van der Waals surface area contributed by atoms with Crippen LogP contribution in [-0.2, 0) is 6.54 Å². The normalized spacial score (nSPS) is 26.8. The SMILES string of the molecule is c1ncn(C[C@@H]2CCCCN2CC2CCCC2)n1. The fourth-order valence-electron chi connectivity index (χ4n) is 3.57. The summed E-state index contributed by atoms with van der Waals surface area (Å²) in [6.45, 7) is 3.63. The topological polar surface area (TPSA) is 34.0 Å². The molecule has 1 aliphatic heterocycles. The first-order chi connectivity index (χ1) is 8.92. The first-order valence-corrected chi connectivity index (χ1v) is 7.48. The molecule has 3 rings (SSSR count). The Balaban J connectivity index is 1.58. The summed E-state index contributed by atoms with van der Waals surface area (Å²) in [6.07, 6.45) is 13.4. The van der Waals surface area contributed by atoms with Crippen molar-refractivity contribution in [3.63, 3.8) is 0 Å². The molecule has 18 heavy (non-hydrogen) atoms. The number of likely N-dealkylation sites (tertiary alicyclic amines) is 1. The van der Waals surface area contributed by atoms with Gasteiger partial charge < -0.3 is 0 Å². The third-order valence-corrected chi connectivity index (χ3v) is 4.58. The predicted octanol–water partition coefficient (Wildman–Crippen LogP) is 2.32. The zero-order chi connectivity index (χ0) is 12.2. The molecule has 4 heteroatoms. The van der Waals surface area contributed by atoms with Gasteiger partial charge in [-0.1, -0.05) is 19.3 Å². The van der Waals surface area contributed by atoms with Crippen LogP contribution in [0.4, 0.5) is 0 Å². The van der Waals surface area contributed by atoms with Crippen molar-refractivity contribution in [3.8, 4) is 0 Å². The number of rotatable bonds is 4. The summed E-state index contributed by atoms with van der Waals surface area (Å²) in [5.74, 6) is 0.960. The van der Waals surface area contributed by atoms with Gasteiger partial charge in [0, 0.05) is 12.6 Å². The summed E-state index contributed by atoms with van der Waals surface area (Å²) in [6, 6.07) is 0.682. The molecule has 4 nitrogen and oxygen atoms in total.